The third-order valence-electron chi connectivity index (χ3n) is 1.54. The molecule has 0 fully saturated rings. The summed E-state index contributed by atoms with van der Waals surface area (Å²) in [7, 11) is 0. The molecule has 0 aliphatic heterocycles. The van der Waals surface area contributed by atoms with Gasteiger partial charge in [0.05, 0.1) is 0 Å². The number of allylic oxidation sites excluding steroid dienone is 1. The van der Waals surface area contributed by atoms with E-state index in [2.05, 4.69) is 29.4 Å². The average molecular weight is 224 g/mol. The molecule has 0 saturated carbocycles. The average Bonchev–Trinajstić information content (AvgIpc) is 2.04. The van der Waals surface area contributed by atoms with Gasteiger partial charge in [0, 0.05) is 5.57 Å². The van der Waals surface area contributed by atoms with Crippen LogP contribution < -0.4 is 0 Å². The molecule has 0 aliphatic rings. The van der Waals surface area contributed by atoms with E-state index in [4.69, 9.17) is 0 Å². The van der Waals surface area contributed by atoms with Crippen LogP contribution in [0.25, 0.3) is 5.57 Å². The minimum Gasteiger partial charge on any atom is -0.281 e. The van der Waals surface area contributed by atoms with Gasteiger partial charge in [0.2, 0.25) is 4.69 Å². The minimum absolute atomic E-state index is 0.181. The standard InChI is InChI=1S/C10H8BrO/c1-7-3-5-9(6-4-7)8(2)10(11)12/h3-6H,1-2H2. The highest BCUT2D eigenvalue weighted by molar-refractivity contribution is 9.18. The fraction of sp³-hybridized carbons (Fsp3) is 0. The highest BCUT2D eigenvalue weighted by Crippen LogP contribution is 2.16. The molecule has 2 heteroatoms. The Morgan fingerprint density at radius 3 is 2.17 bits per heavy atom. The van der Waals surface area contributed by atoms with Gasteiger partial charge >= 0.3 is 0 Å². The van der Waals surface area contributed by atoms with Crippen LogP contribution in [-0.4, -0.2) is 4.69 Å². The Labute approximate surface area is 80.2 Å². The Bertz CT molecular complexity index is 311. The van der Waals surface area contributed by atoms with Crippen molar-refractivity contribution in [2.75, 3.05) is 0 Å². The molecule has 1 aromatic carbocycles. The zero-order chi connectivity index (χ0) is 9.14. The van der Waals surface area contributed by atoms with Crippen LogP contribution in [0.15, 0.2) is 30.8 Å². The molecule has 61 valence electrons. The summed E-state index contributed by atoms with van der Waals surface area (Å²) in [6.07, 6.45) is 0. The first kappa shape index (κ1) is 9.20. The summed E-state index contributed by atoms with van der Waals surface area (Å²) >= 11 is 2.84. The van der Waals surface area contributed by atoms with E-state index in [1.807, 2.05) is 24.3 Å². The van der Waals surface area contributed by atoms with Crippen LogP contribution >= 0.6 is 15.9 Å². The van der Waals surface area contributed by atoms with E-state index < -0.39 is 0 Å². The quantitative estimate of drug-likeness (QED) is 0.557. The van der Waals surface area contributed by atoms with Crippen molar-refractivity contribution in [1.29, 1.82) is 0 Å². The Morgan fingerprint density at radius 2 is 1.75 bits per heavy atom. The van der Waals surface area contributed by atoms with Gasteiger partial charge in [-0.05, 0) is 34.0 Å². The van der Waals surface area contributed by atoms with Crippen molar-refractivity contribution < 1.29 is 4.79 Å². The van der Waals surface area contributed by atoms with Crippen molar-refractivity contribution in [3.05, 3.63) is 48.9 Å². The third kappa shape index (κ3) is 2.05. The van der Waals surface area contributed by atoms with Crippen LogP contribution in [0.3, 0.4) is 0 Å². The topological polar surface area (TPSA) is 17.1 Å². The van der Waals surface area contributed by atoms with Gasteiger partial charge in [0.25, 0.3) is 0 Å². The summed E-state index contributed by atoms with van der Waals surface area (Å²) in [5, 5.41) is 0. The Morgan fingerprint density at radius 1 is 1.25 bits per heavy atom. The van der Waals surface area contributed by atoms with Crippen molar-refractivity contribution in [3.8, 4) is 0 Å². The van der Waals surface area contributed by atoms with Gasteiger partial charge in [-0.3, -0.25) is 4.79 Å². The van der Waals surface area contributed by atoms with Crippen LogP contribution in [0.1, 0.15) is 11.1 Å². The first-order valence-electron chi connectivity index (χ1n) is 3.42. The minimum atomic E-state index is -0.181. The third-order valence-corrected chi connectivity index (χ3v) is 2.02. The molecule has 0 N–H and O–H groups in total. The van der Waals surface area contributed by atoms with Crippen LogP contribution in [0.5, 0.6) is 0 Å². The van der Waals surface area contributed by atoms with Gasteiger partial charge in [-0.2, -0.15) is 0 Å². The molecule has 1 rings (SSSR count). The summed E-state index contributed by atoms with van der Waals surface area (Å²) < 4.78 is -0.181. The molecule has 0 amide bonds. The first-order chi connectivity index (χ1) is 5.61. The van der Waals surface area contributed by atoms with E-state index >= 15 is 0 Å². The monoisotopic (exact) mass is 223 g/mol. The van der Waals surface area contributed by atoms with Crippen molar-refractivity contribution in [2.45, 2.75) is 0 Å². The number of carbonyl (C=O) groups is 1. The van der Waals surface area contributed by atoms with Gasteiger partial charge in [-0.1, -0.05) is 30.8 Å². The Hall–Kier alpha value is -0.890. The largest absolute Gasteiger partial charge is 0.281 e. The molecule has 1 nitrogen and oxygen atoms in total. The molecule has 0 spiro atoms. The van der Waals surface area contributed by atoms with Gasteiger partial charge in [0.15, 0.2) is 0 Å². The maximum atomic E-state index is 10.8. The summed E-state index contributed by atoms with van der Waals surface area (Å²) in [6.45, 7) is 7.38. The molecule has 12 heavy (non-hydrogen) atoms. The predicted octanol–water partition coefficient (Wildman–Crippen LogP) is 2.80. The molecule has 0 aromatic heterocycles. The number of hydrogen-bond donors (Lipinski definition) is 0. The summed E-state index contributed by atoms with van der Waals surface area (Å²) in [4.78, 5) is 10.8. The number of hydrogen-bond acceptors (Lipinski definition) is 1. The first-order valence-corrected chi connectivity index (χ1v) is 4.21. The second-order valence-corrected chi connectivity index (χ2v) is 3.17. The van der Waals surface area contributed by atoms with E-state index in [0.29, 0.717) is 5.57 Å². The van der Waals surface area contributed by atoms with E-state index in [1.54, 1.807) is 0 Å². The van der Waals surface area contributed by atoms with E-state index in [0.717, 1.165) is 11.1 Å². The molecule has 0 heterocycles. The molecule has 0 atom stereocenters. The van der Waals surface area contributed by atoms with Crippen LogP contribution in [0.4, 0.5) is 0 Å². The van der Waals surface area contributed by atoms with Crippen molar-refractivity contribution in [3.63, 3.8) is 0 Å². The van der Waals surface area contributed by atoms with E-state index in [9.17, 15) is 4.79 Å². The normalized spacial score (nSPS) is 9.50. The Balaban J connectivity index is 2.98. The second-order valence-electron chi connectivity index (χ2n) is 2.45. The number of carbonyl (C=O) groups excluding carboxylic acids is 1. The van der Waals surface area contributed by atoms with Crippen molar-refractivity contribution >= 4 is 26.2 Å². The van der Waals surface area contributed by atoms with E-state index in [1.165, 1.54) is 0 Å². The smallest absolute Gasteiger partial charge is 0.228 e. The molecule has 0 bridgehead atoms. The predicted molar refractivity (Wildman–Crippen MR) is 53.9 cm³/mol. The zero-order valence-corrected chi connectivity index (χ0v) is 8.10. The fourth-order valence-electron chi connectivity index (χ4n) is 0.819. The Kier molecular flexibility index (Phi) is 2.82. The lowest BCUT2D eigenvalue weighted by Crippen LogP contribution is -1.89. The lowest BCUT2D eigenvalue weighted by atomic mass is 10.1. The maximum absolute atomic E-state index is 10.8. The molecule has 0 saturated heterocycles. The van der Waals surface area contributed by atoms with E-state index in [-0.39, 0.29) is 4.69 Å². The number of benzene rings is 1. The highest BCUT2D eigenvalue weighted by atomic mass is 79.9. The van der Waals surface area contributed by atoms with Crippen LogP contribution in [0, 0.1) is 6.92 Å². The molecule has 0 aliphatic carbocycles. The lowest BCUT2D eigenvalue weighted by molar-refractivity contribution is -0.105. The van der Waals surface area contributed by atoms with Gasteiger partial charge in [-0.15, -0.1) is 0 Å². The fourth-order valence-corrected chi connectivity index (χ4v) is 1.05. The molecule has 1 radical (unpaired) electrons. The SMILES string of the molecule is [CH2]c1ccc(C(=C)C(=O)Br)cc1. The molecule has 0 unspecified atom stereocenters. The van der Waals surface area contributed by atoms with Gasteiger partial charge in [0.1, 0.15) is 0 Å². The van der Waals surface area contributed by atoms with Crippen molar-refractivity contribution in [1.82, 2.24) is 0 Å². The van der Waals surface area contributed by atoms with Crippen LogP contribution in [-0.2, 0) is 4.79 Å². The highest BCUT2D eigenvalue weighted by Gasteiger charge is 2.03. The molecule has 1 aromatic rings. The molecular weight excluding hydrogens is 216 g/mol. The summed E-state index contributed by atoms with van der Waals surface area (Å²) in [6, 6.07) is 7.33. The van der Waals surface area contributed by atoms with Gasteiger partial charge in [-0.25, -0.2) is 0 Å². The number of rotatable bonds is 2. The van der Waals surface area contributed by atoms with Crippen LogP contribution in [0.2, 0.25) is 0 Å². The zero-order valence-electron chi connectivity index (χ0n) is 6.51. The molecular formula is C10H8BrO. The maximum Gasteiger partial charge on any atom is 0.228 e. The number of halogens is 1. The summed E-state index contributed by atoms with van der Waals surface area (Å²) in [5.74, 6) is 0. The summed E-state index contributed by atoms with van der Waals surface area (Å²) in [5.41, 5.74) is 2.22. The van der Waals surface area contributed by atoms with Crippen molar-refractivity contribution in [2.24, 2.45) is 0 Å². The van der Waals surface area contributed by atoms with Gasteiger partial charge < -0.3 is 0 Å². The lowest BCUT2D eigenvalue weighted by Gasteiger charge is -1.99. The second kappa shape index (κ2) is 3.68.